The summed E-state index contributed by atoms with van der Waals surface area (Å²) in [6.45, 7) is 2.15. The summed E-state index contributed by atoms with van der Waals surface area (Å²) in [4.78, 5) is 0. The van der Waals surface area contributed by atoms with Gasteiger partial charge in [0, 0.05) is 27.0 Å². The monoisotopic (exact) mass is 220 g/mol. The zero-order chi connectivity index (χ0) is 4.12. The quantitative estimate of drug-likeness (QED) is 0.518. The van der Waals surface area contributed by atoms with Crippen LogP contribution in [0.5, 0.6) is 0 Å². The first-order chi connectivity index (χ1) is 2.41. The molecule has 0 bridgehead atoms. The van der Waals surface area contributed by atoms with Crippen molar-refractivity contribution in [2.75, 3.05) is 5.75 Å². The lowest BCUT2D eigenvalue weighted by Gasteiger charge is -1.77. The molecule has 5 heavy (non-hydrogen) atoms. The van der Waals surface area contributed by atoms with Crippen molar-refractivity contribution in [3.8, 4) is 0 Å². The predicted molar refractivity (Wildman–Crippen MR) is 39.7 cm³/mol. The maximum atomic E-state index is 2.27. The normalized spacial score (nSPS) is 8.40. The molecule has 0 spiro atoms. The van der Waals surface area contributed by atoms with Crippen molar-refractivity contribution in [3.05, 3.63) is 0 Å². The second-order valence-corrected chi connectivity index (χ2v) is 5.73. The molecule has 0 aliphatic heterocycles. The molecule has 0 N–H and O–H groups in total. The highest BCUT2D eigenvalue weighted by molar-refractivity contribution is 14.2. The predicted octanol–water partition coefficient (Wildman–Crippen LogP) is 2.74. The van der Waals surface area contributed by atoms with Gasteiger partial charge in [-0.05, 0) is 7.97 Å². The standard InChI is InChI=1S/C2H5IS2/c1-2-4-5-3/h2H2,1H3. The Kier molecular flexibility index (Phi) is 6.98. The average Bonchev–Trinajstić information content (AvgIpc) is 1.41. The van der Waals surface area contributed by atoms with E-state index in [-0.39, 0.29) is 0 Å². The van der Waals surface area contributed by atoms with Gasteiger partial charge in [0.25, 0.3) is 0 Å². The molecule has 0 radical (unpaired) electrons. The maximum Gasteiger partial charge on any atom is 0.00850 e. The van der Waals surface area contributed by atoms with E-state index in [2.05, 4.69) is 28.1 Å². The van der Waals surface area contributed by atoms with E-state index < -0.39 is 0 Å². The van der Waals surface area contributed by atoms with Crippen LogP contribution in [0.25, 0.3) is 0 Å². The van der Waals surface area contributed by atoms with Crippen LogP contribution >= 0.6 is 40.0 Å². The van der Waals surface area contributed by atoms with Gasteiger partial charge in [0.1, 0.15) is 0 Å². The Hall–Kier alpha value is 1.43. The molecule has 0 saturated carbocycles. The largest absolute Gasteiger partial charge is 0.0833 e. The Labute approximate surface area is 52.5 Å². The van der Waals surface area contributed by atoms with Crippen LogP contribution in [0.1, 0.15) is 6.92 Å². The van der Waals surface area contributed by atoms with Crippen molar-refractivity contribution in [3.63, 3.8) is 0 Å². The van der Waals surface area contributed by atoms with Crippen molar-refractivity contribution in [1.29, 1.82) is 0 Å². The summed E-state index contributed by atoms with van der Waals surface area (Å²) in [6.07, 6.45) is 0. The molecule has 0 unspecified atom stereocenters. The third-order valence-corrected chi connectivity index (χ3v) is 3.75. The van der Waals surface area contributed by atoms with Gasteiger partial charge >= 0.3 is 0 Å². The highest BCUT2D eigenvalue weighted by Gasteiger charge is 1.70. The van der Waals surface area contributed by atoms with Crippen molar-refractivity contribution in [2.45, 2.75) is 6.92 Å². The minimum atomic E-state index is 1.22. The SMILES string of the molecule is CCSSI. The topological polar surface area (TPSA) is 0 Å². The summed E-state index contributed by atoms with van der Waals surface area (Å²) in [5, 5.41) is 0. The number of halogens is 1. The van der Waals surface area contributed by atoms with E-state index in [4.69, 9.17) is 0 Å². The van der Waals surface area contributed by atoms with Gasteiger partial charge in [-0.1, -0.05) is 17.7 Å². The molecule has 0 atom stereocenters. The molecule has 0 aromatic heterocycles. The lowest BCUT2D eigenvalue weighted by molar-refractivity contribution is 1.54. The van der Waals surface area contributed by atoms with Crippen LogP contribution in [-0.2, 0) is 0 Å². The molecule has 3 heteroatoms. The maximum absolute atomic E-state index is 2.27. The molecule has 0 aromatic rings. The third-order valence-electron chi connectivity index (χ3n) is 0.162. The van der Waals surface area contributed by atoms with Crippen LogP contribution in [0.15, 0.2) is 0 Å². The van der Waals surface area contributed by atoms with Crippen LogP contribution in [0, 0.1) is 0 Å². The highest BCUT2D eigenvalue weighted by Crippen LogP contribution is 2.27. The summed E-state index contributed by atoms with van der Waals surface area (Å²) < 4.78 is 0. The van der Waals surface area contributed by atoms with Gasteiger partial charge in [0.05, 0.1) is 0 Å². The van der Waals surface area contributed by atoms with Crippen LogP contribution in [0.3, 0.4) is 0 Å². The molecule has 32 valence electrons. The van der Waals surface area contributed by atoms with Crippen molar-refractivity contribution in [1.82, 2.24) is 0 Å². The van der Waals surface area contributed by atoms with E-state index >= 15 is 0 Å². The number of hydrogen-bond acceptors (Lipinski definition) is 2. The smallest absolute Gasteiger partial charge is 0.00850 e. The highest BCUT2D eigenvalue weighted by atomic mass is 127. The van der Waals surface area contributed by atoms with Crippen molar-refractivity contribution >= 4 is 40.0 Å². The molecule has 0 amide bonds. The van der Waals surface area contributed by atoms with Gasteiger partial charge in [-0.15, -0.1) is 0 Å². The zero-order valence-electron chi connectivity index (χ0n) is 2.90. The second-order valence-electron chi connectivity index (χ2n) is 0.470. The van der Waals surface area contributed by atoms with Crippen molar-refractivity contribution in [2.24, 2.45) is 0 Å². The lowest BCUT2D eigenvalue weighted by atomic mass is 11.0. The van der Waals surface area contributed by atoms with E-state index in [1.54, 1.807) is 7.97 Å². The average molecular weight is 220 g/mol. The van der Waals surface area contributed by atoms with Crippen LogP contribution in [-0.4, -0.2) is 5.75 Å². The lowest BCUT2D eigenvalue weighted by Crippen LogP contribution is -1.47. The Balaban J connectivity index is 2.19. The Morgan fingerprint density at radius 2 is 2.40 bits per heavy atom. The molecule has 0 fully saturated rings. The zero-order valence-corrected chi connectivity index (χ0v) is 6.69. The first kappa shape index (κ1) is 6.43. The first-order valence-corrected chi connectivity index (χ1v) is 6.18. The molecule has 0 aliphatic rings. The third kappa shape index (κ3) is 5.43. The minimum absolute atomic E-state index is 1.22. The van der Waals surface area contributed by atoms with Gasteiger partial charge < -0.3 is 0 Å². The van der Waals surface area contributed by atoms with Crippen LogP contribution in [0.4, 0.5) is 0 Å². The fourth-order valence-electron chi connectivity index (χ4n) is 0.0445. The van der Waals surface area contributed by atoms with Crippen LogP contribution < -0.4 is 0 Å². The van der Waals surface area contributed by atoms with E-state index in [1.165, 1.54) is 5.75 Å². The number of rotatable bonds is 2. The number of hydrogen-bond donors (Lipinski definition) is 0. The molecule has 0 aliphatic carbocycles. The van der Waals surface area contributed by atoms with Gasteiger partial charge in [-0.3, -0.25) is 0 Å². The molecular formula is C2H5IS2. The first-order valence-electron chi connectivity index (χ1n) is 1.32. The summed E-state index contributed by atoms with van der Waals surface area (Å²) in [5.41, 5.74) is 0. The second kappa shape index (κ2) is 5.43. The summed E-state index contributed by atoms with van der Waals surface area (Å²) in [7, 11) is 3.65. The summed E-state index contributed by atoms with van der Waals surface area (Å²) >= 11 is 2.27. The fourth-order valence-corrected chi connectivity index (χ4v) is 2.69. The Bertz CT molecular complexity index is 15.1. The molecule has 0 aromatic carbocycles. The van der Waals surface area contributed by atoms with Crippen molar-refractivity contribution < 1.29 is 0 Å². The Morgan fingerprint density at radius 3 is 2.40 bits per heavy atom. The molecule has 0 rings (SSSR count). The minimum Gasteiger partial charge on any atom is -0.0833 e. The molecule has 0 heterocycles. The fraction of sp³-hybridized carbons (Fsp3) is 1.00. The van der Waals surface area contributed by atoms with Gasteiger partial charge in [-0.2, -0.15) is 0 Å². The summed E-state index contributed by atoms with van der Waals surface area (Å²) in [6, 6.07) is 0. The Morgan fingerprint density at radius 1 is 1.80 bits per heavy atom. The summed E-state index contributed by atoms with van der Waals surface area (Å²) in [5.74, 6) is 1.22. The molecule has 0 nitrogen and oxygen atoms in total. The van der Waals surface area contributed by atoms with Gasteiger partial charge in [0.2, 0.25) is 0 Å². The van der Waals surface area contributed by atoms with Gasteiger partial charge in [-0.25, -0.2) is 0 Å². The van der Waals surface area contributed by atoms with Crippen LogP contribution in [0.2, 0.25) is 0 Å². The molecule has 0 saturated heterocycles. The van der Waals surface area contributed by atoms with Gasteiger partial charge in [0.15, 0.2) is 0 Å². The van der Waals surface area contributed by atoms with E-state index in [1.807, 2.05) is 10.8 Å². The van der Waals surface area contributed by atoms with E-state index in [0.717, 1.165) is 0 Å². The van der Waals surface area contributed by atoms with E-state index in [9.17, 15) is 0 Å². The molecular weight excluding hydrogens is 215 g/mol. The van der Waals surface area contributed by atoms with E-state index in [0.29, 0.717) is 0 Å².